The third kappa shape index (κ3) is 6.07. The second-order valence-corrected chi connectivity index (χ2v) is 7.53. The number of carbonyl (C=O) groups is 3. The fourth-order valence-electron chi connectivity index (χ4n) is 3.38. The van der Waals surface area contributed by atoms with Crippen LogP contribution in [0.1, 0.15) is 27.0 Å². The highest BCUT2D eigenvalue weighted by Crippen LogP contribution is 2.38. The van der Waals surface area contributed by atoms with E-state index in [9.17, 15) is 22.8 Å². The maximum atomic E-state index is 12.9. The third-order valence-electron chi connectivity index (χ3n) is 5.04. The van der Waals surface area contributed by atoms with Crippen molar-refractivity contribution in [3.8, 4) is 0 Å². The molecule has 4 rings (SSSR count). The van der Waals surface area contributed by atoms with Gasteiger partial charge in [0, 0.05) is 29.0 Å². The number of alkyl halides is 3. The van der Waals surface area contributed by atoms with Gasteiger partial charge in [-0.05, 0) is 35.4 Å². The van der Waals surface area contributed by atoms with Gasteiger partial charge in [-0.1, -0.05) is 48.5 Å². The molecule has 186 valence electrons. The van der Waals surface area contributed by atoms with Crippen LogP contribution in [-0.4, -0.2) is 29.1 Å². The van der Waals surface area contributed by atoms with E-state index in [1.165, 1.54) is 0 Å². The minimum atomic E-state index is -5.08. The van der Waals surface area contributed by atoms with Gasteiger partial charge in [0.15, 0.2) is 0 Å². The minimum absolute atomic E-state index is 0.247. The topological polar surface area (TPSA) is 148 Å². The lowest BCUT2D eigenvalue weighted by molar-refractivity contribution is -0.192. The summed E-state index contributed by atoms with van der Waals surface area (Å²) in [5, 5.41) is 13.4. The molecule has 1 aliphatic rings. The lowest BCUT2D eigenvalue weighted by atomic mass is 9.99. The van der Waals surface area contributed by atoms with Crippen LogP contribution in [0.4, 0.5) is 24.5 Å². The third-order valence-corrected chi connectivity index (χ3v) is 5.04. The Bertz CT molecular complexity index is 1340. The molecule has 8 nitrogen and oxygen atoms in total. The van der Waals surface area contributed by atoms with E-state index in [4.69, 9.17) is 21.4 Å². The molecule has 0 atom stereocenters. The van der Waals surface area contributed by atoms with Crippen molar-refractivity contribution in [2.75, 3.05) is 10.6 Å². The number of fused-ring (bicyclic) bond motifs is 1. The number of carboxylic acid groups (broad SMARTS) is 1. The molecule has 3 aromatic rings. The molecule has 11 heteroatoms. The van der Waals surface area contributed by atoms with Gasteiger partial charge in [-0.3, -0.25) is 9.59 Å². The molecule has 0 saturated carbocycles. The Kier molecular flexibility index (Phi) is 7.75. The summed E-state index contributed by atoms with van der Waals surface area (Å²) in [6.07, 6.45) is -5.08. The van der Waals surface area contributed by atoms with Crippen molar-refractivity contribution in [1.82, 2.24) is 0 Å². The summed E-state index contributed by atoms with van der Waals surface area (Å²) in [7, 11) is 0. The Morgan fingerprint density at radius 1 is 0.944 bits per heavy atom. The number of hydrogen-bond acceptors (Lipinski definition) is 5. The zero-order valence-corrected chi connectivity index (χ0v) is 18.6. The van der Waals surface area contributed by atoms with Crippen LogP contribution >= 0.6 is 0 Å². The van der Waals surface area contributed by atoms with Gasteiger partial charge < -0.3 is 27.2 Å². The fraction of sp³-hybridized carbons (Fsp3) is 0.0800. The van der Waals surface area contributed by atoms with Crippen LogP contribution in [0.2, 0.25) is 0 Å². The number of anilines is 2. The van der Waals surface area contributed by atoms with Gasteiger partial charge in [0.25, 0.3) is 5.91 Å². The predicted octanol–water partition coefficient (Wildman–Crippen LogP) is 3.81. The second kappa shape index (κ2) is 10.7. The van der Waals surface area contributed by atoms with Crippen molar-refractivity contribution in [3.63, 3.8) is 0 Å². The second-order valence-electron chi connectivity index (χ2n) is 7.53. The number of nitrogens with two attached hydrogens (primary N) is 2. The number of amides is 2. The van der Waals surface area contributed by atoms with E-state index in [1.54, 1.807) is 18.2 Å². The zero-order chi connectivity index (χ0) is 26.5. The molecule has 36 heavy (non-hydrogen) atoms. The van der Waals surface area contributed by atoms with E-state index in [0.29, 0.717) is 34.6 Å². The van der Waals surface area contributed by atoms with Crippen LogP contribution in [0, 0.1) is 0 Å². The van der Waals surface area contributed by atoms with Gasteiger partial charge in [-0.2, -0.15) is 13.2 Å². The van der Waals surface area contributed by atoms with Gasteiger partial charge in [-0.25, -0.2) is 4.79 Å². The van der Waals surface area contributed by atoms with Crippen LogP contribution in [0.25, 0.3) is 11.3 Å². The van der Waals surface area contributed by atoms with Crippen LogP contribution in [0.15, 0.2) is 72.8 Å². The molecular weight excluding hydrogens is 477 g/mol. The molecule has 0 fully saturated rings. The summed E-state index contributed by atoms with van der Waals surface area (Å²) in [6.45, 7) is 0.423. The molecule has 0 aliphatic carbocycles. The molecule has 2 amide bonds. The van der Waals surface area contributed by atoms with Gasteiger partial charge >= 0.3 is 12.1 Å². The highest BCUT2D eigenvalue weighted by atomic mass is 19.4. The molecule has 0 aromatic heterocycles. The van der Waals surface area contributed by atoms with E-state index in [-0.39, 0.29) is 5.91 Å². The molecule has 0 unspecified atom stereocenters. The molecule has 0 saturated heterocycles. The van der Waals surface area contributed by atoms with Crippen LogP contribution in [0.5, 0.6) is 0 Å². The number of halogens is 3. The summed E-state index contributed by atoms with van der Waals surface area (Å²) < 4.78 is 31.7. The number of primary amides is 1. The molecule has 0 bridgehead atoms. The average molecular weight is 498 g/mol. The van der Waals surface area contributed by atoms with Gasteiger partial charge in [0.05, 0.1) is 11.3 Å². The number of nitrogens with one attached hydrogen (secondary N) is 2. The van der Waals surface area contributed by atoms with Crippen molar-refractivity contribution >= 4 is 40.4 Å². The Labute approximate surface area is 203 Å². The van der Waals surface area contributed by atoms with Crippen molar-refractivity contribution in [2.45, 2.75) is 12.7 Å². The van der Waals surface area contributed by atoms with E-state index in [2.05, 4.69) is 10.6 Å². The summed E-state index contributed by atoms with van der Waals surface area (Å²) in [6, 6.07) is 22.3. The fourth-order valence-corrected chi connectivity index (χ4v) is 3.38. The molecule has 7 N–H and O–H groups in total. The molecular formula is C25H21F3N4O4. The number of rotatable bonds is 5. The average Bonchev–Trinajstić information content (AvgIpc) is 3.17. The monoisotopic (exact) mass is 498 g/mol. The molecule has 1 aliphatic heterocycles. The Morgan fingerprint density at radius 3 is 2.19 bits per heavy atom. The van der Waals surface area contributed by atoms with Crippen LogP contribution in [0.3, 0.4) is 0 Å². The highest BCUT2D eigenvalue weighted by molar-refractivity contribution is 6.37. The SMILES string of the molecule is NCc1cccc(N/C(=C2\C(=O)Nc3cc(C(N)=O)ccc32)c2ccccc2)c1.O=C(O)C(F)(F)F. The van der Waals surface area contributed by atoms with E-state index < -0.39 is 18.1 Å². The summed E-state index contributed by atoms with van der Waals surface area (Å²) in [5.74, 6) is -3.55. The first-order chi connectivity index (χ1) is 17.0. The number of carboxylic acids is 1. The number of aliphatic carboxylic acids is 1. The van der Waals surface area contributed by atoms with E-state index in [0.717, 1.165) is 16.8 Å². The quantitative estimate of drug-likeness (QED) is 0.338. The number of carbonyl (C=O) groups excluding carboxylic acids is 2. The zero-order valence-electron chi connectivity index (χ0n) is 18.6. The lowest BCUT2D eigenvalue weighted by Gasteiger charge is -2.15. The first kappa shape index (κ1) is 26.0. The smallest absolute Gasteiger partial charge is 0.475 e. The largest absolute Gasteiger partial charge is 0.490 e. The Balaban J connectivity index is 0.000000454. The van der Waals surface area contributed by atoms with E-state index in [1.807, 2.05) is 54.6 Å². The maximum Gasteiger partial charge on any atom is 0.490 e. The first-order valence-electron chi connectivity index (χ1n) is 10.4. The lowest BCUT2D eigenvalue weighted by Crippen LogP contribution is -2.21. The summed E-state index contributed by atoms with van der Waals surface area (Å²) in [5.41, 5.74) is 16.6. The highest BCUT2D eigenvalue weighted by Gasteiger charge is 2.38. The van der Waals surface area contributed by atoms with Crippen LogP contribution < -0.4 is 22.1 Å². The van der Waals surface area contributed by atoms with Gasteiger partial charge in [-0.15, -0.1) is 0 Å². The normalized spacial score (nSPS) is 13.6. The Morgan fingerprint density at radius 2 is 1.61 bits per heavy atom. The predicted molar refractivity (Wildman–Crippen MR) is 128 cm³/mol. The van der Waals surface area contributed by atoms with Crippen LogP contribution in [-0.2, 0) is 16.1 Å². The summed E-state index contributed by atoms with van der Waals surface area (Å²) in [4.78, 5) is 33.3. The number of hydrogen-bond donors (Lipinski definition) is 5. The number of benzene rings is 3. The van der Waals surface area contributed by atoms with Crippen molar-refractivity contribution in [3.05, 3.63) is 95.1 Å². The first-order valence-corrected chi connectivity index (χ1v) is 10.4. The summed E-state index contributed by atoms with van der Waals surface area (Å²) >= 11 is 0. The molecule has 0 spiro atoms. The standard InChI is InChI=1S/C23H20N4O2.C2HF3O2/c24-13-14-5-4-8-17(11-14)26-21(15-6-2-1-3-7-15)20-18-10-9-16(22(25)28)12-19(18)27-23(20)29;3-2(4,5)1(6)7/h1-12,26H,13,24H2,(H2,25,28)(H,27,29);(H,6,7)/b21-20-;. The van der Waals surface area contributed by atoms with Crippen molar-refractivity contribution < 1.29 is 32.7 Å². The van der Waals surface area contributed by atoms with Gasteiger partial charge in [0.2, 0.25) is 5.91 Å². The van der Waals surface area contributed by atoms with E-state index >= 15 is 0 Å². The molecule has 3 aromatic carbocycles. The van der Waals surface area contributed by atoms with Crippen molar-refractivity contribution in [1.29, 1.82) is 0 Å². The maximum absolute atomic E-state index is 12.9. The van der Waals surface area contributed by atoms with Crippen molar-refractivity contribution in [2.24, 2.45) is 11.5 Å². The van der Waals surface area contributed by atoms with Gasteiger partial charge in [0.1, 0.15) is 0 Å². The minimum Gasteiger partial charge on any atom is -0.475 e. The Hall–Kier alpha value is -4.64. The molecule has 1 heterocycles. The molecule has 0 radical (unpaired) electrons.